The van der Waals surface area contributed by atoms with E-state index < -0.39 is 5.92 Å². The summed E-state index contributed by atoms with van der Waals surface area (Å²) in [5, 5.41) is 18.0. The van der Waals surface area contributed by atoms with E-state index >= 15 is 0 Å². The number of nitrogens with zero attached hydrogens (tertiary/aromatic N) is 3. The number of halogens is 3. The van der Waals surface area contributed by atoms with Gasteiger partial charge in [-0.25, -0.2) is 0 Å². The fourth-order valence-corrected chi connectivity index (χ4v) is 1.89. The van der Waals surface area contributed by atoms with E-state index in [4.69, 9.17) is 34.8 Å². The first kappa shape index (κ1) is 13.1. The third kappa shape index (κ3) is 2.73. The zero-order valence-electron chi connectivity index (χ0n) is 8.94. The molecule has 0 saturated heterocycles. The van der Waals surface area contributed by atoms with Gasteiger partial charge in [0.1, 0.15) is 5.92 Å². The lowest BCUT2D eigenvalue weighted by Crippen LogP contribution is -2.02. The Labute approximate surface area is 119 Å². The number of aromatic nitrogens is 2. The highest BCUT2D eigenvalue weighted by molar-refractivity contribution is 6.42. The van der Waals surface area contributed by atoms with Crippen LogP contribution in [0.15, 0.2) is 30.3 Å². The summed E-state index contributed by atoms with van der Waals surface area (Å²) >= 11 is 17.4. The van der Waals surface area contributed by atoms with Crippen molar-refractivity contribution in [2.75, 3.05) is 0 Å². The van der Waals surface area contributed by atoms with Crippen molar-refractivity contribution in [3.8, 4) is 6.07 Å². The maximum atomic E-state index is 9.24. The van der Waals surface area contributed by atoms with Crippen molar-refractivity contribution in [2.45, 2.75) is 5.92 Å². The highest BCUT2D eigenvalue weighted by atomic mass is 35.5. The third-order valence-corrected chi connectivity index (χ3v) is 3.30. The van der Waals surface area contributed by atoms with Gasteiger partial charge in [0.15, 0.2) is 5.15 Å². The molecule has 0 saturated carbocycles. The minimum Gasteiger partial charge on any atom is -0.197 e. The van der Waals surface area contributed by atoms with Crippen molar-refractivity contribution in [2.24, 2.45) is 0 Å². The fourth-order valence-electron chi connectivity index (χ4n) is 1.48. The van der Waals surface area contributed by atoms with Crippen molar-refractivity contribution >= 4 is 34.8 Å². The van der Waals surface area contributed by atoms with E-state index in [-0.39, 0.29) is 5.15 Å². The van der Waals surface area contributed by atoms with Crippen LogP contribution in [0.3, 0.4) is 0 Å². The number of benzene rings is 1. The Morgan fingerprint density at radius 1 is 1.00 bits per heavy atom. The summed E-state index contributed by atoms with van der Waals surface area (Å²) in [6.07, 6.45) is 0. The smallest absolute Gasteiger partial charge is 0.151 e. The molecule has 0 N–H and O–H groups in total. The molecule has 0 aliphatic heterocycles. The van der Waals surface area contributed by atoms with Crippen molar-refractivity contribution < 1.29 is 0 Å². The van der Waals surface area contributed by atoms with Gasteiger partial charge in [-0.3, -0.25) is 0 Å². The maximum Gasteiger partial charge on any atom is 0.151 e. The Bertz CT molecular complexity index is 605. The van der Waals surface area contributed by atoms with Gasteiger partial charge in [0, 0.05) is 0 Å². The van der Waals surface area contributed by atoms with E-state index in [0.717, 1.165) is 0 Å². The average molecular weight is 299 g/mol. The molecule has 1 aromatic carbocycles. The summed E-state index contributed by atoms with van der Waals surface area (Å²) in [6, 6.07) is 10.4. The van der Waals surface area contributed by atoms with Gasteiger partial charge in [-0.1, -0.05) is 40.9 Å². The van der Waals surface area contributed by atoms with Crippen LogP contribution in [0.4, 0.5) is 0 Å². The van der Waals surface area contributed by atoms with Gasteiger partial charge < -0.3 is 0 Å². The SMILES string of the molecule is N#C[C@@H](c1ccc(Cl)c(Cl)c1)c1ccc(Cl)nn1. The Balaban J connectivity index is 2.42. The number of hydrogen-bond acceptors (Lipinski definition) is 3. The Morgan fingerprint density at radius 3 is 2.33 bits per heavy atom. The molecule has 3 nitrogen and oxygen atoms in total. The molecule has 0 unspecified atom stereocenters. The topological polar surface area (TPSA) is 49.6 Å². The van der Waals surface area contributed by atoms with Gasteiger partial charge in [0.05, 0.1) is 21.8 Å². The Hall–Kier alpha value is -1.34. The largest absolute Gasteiger partial charge is 0.197 e. The van der Waals surface area contributed by atoms with E-state index in [1.165, 1.54) is 0 Å². The molecular weight excluding hydrogens is 293 g/mol. The number of hydrogen-bond donors (Lipinski definition) is 0. The highest BCUT2D eigenvalue weighted by Gasteiger charge is 2.16. The average Bonchev–Trinajstić information content (AvgIpc) is 2.37. The van der Waals surface area contributed by atoms with E-state index in [2.05, 4.69) is 16.3 Å². The molecule has 6 heteroatoms. The lowest BCUT2D eigenvalue weighted by atomic mass is 9.97. The molecule has 0 bridgehead atoms. The summed E-state index contributed by atoms with van der Waals surface area (Å²) in [6.45, 7) is 0. The lowest BCUT2D eigenvalue weighted by Gasteiger charge is -2.09. The summed E-state index contributed by atoms with van der Waals surface area (Å²) in [5.41, 5.74) is 1.23. The zero-order valence-corrected chi connectivity index (χ0v) is 11.2. The van der Waals surface area contributed by atoms with E-state index in [1.807, 2.05) is 0 Å². The molecule has 0 fully saturated rings. The minimum atomic E-state index is -0.551. The molecule has 0 spiro atoms. The maximum absolute atomic E-state index is 9.24. The van der Waals surface area contributed by atoms with Crippen molar-refractivity contribution in [3.63, 3.8) is 0 Å². The third-order valence-electron chi connectivity index (χ3n) is 2.35. The second-order valence-corrected chi connectivity index (χ2v) is 4.72. The molecule has 90 valence electrons. The zero-order chi connectivity index (χ0) is 13.1. The van der Waals surface area contributed by atoms with Crippen molar-refractivity contribution in [1.29, 1.82) is 5.26 Å². The second kappa shape index (κ2) is 5.53. The van der Waals surface area contributed by atoms with Crippen LogP contribution < -0.4 is 0 Å². The van der Waals surface area contributed by atoms with Crippen molar-refractivity contribution in [1.82, 2.24) is 10.2 Å². The van der Waals surface area contributed by atoms with Crippen LogP contribution in [0.1, 0.15) is 17.2 Å². The summed E-state index contributed by atoms with van der Waals surface area (Å²) in [5.74, 6) is -0.551. The normalized spacial score (nSPS) is 11.9. The fraction of sp³-hybridized carbons (Fsp3) is 0.0833. The van der Waals surface area contributed by atoms with Crippen LogP contribution in [-0.4, -0.2) is 10.2 Å². The molecule has 1 aromatic heterocycles. The second-order valence-electron chi connectivity index (χ2n) is 3.52. The number of nitriles is 1. The quantitative estimate of drug-likeness (QED) is 0.839. The first-order valence-corrected chi connectivity index (χ1v) is 6.09. The van der Waals surface area contributed by atoms with Crippen LogP contribution in [0, 0.1) is 11.3 Å². The minimum absolute atomic E-state index is 0.282. The predicted octanol–water partition coefficient (Wildman–Crippen LogP) is 4.09. The van der Waals surface area contributed by atoms with Crippen LogP contribution in [0.5, 0.6) is 0 Å². The van der Waals surface area contributed by atoms with Crippen LogP contribution in [-0.2, 0) is 0 Å². The van der Waals surface area contributed by atoms with Crippen molar-refractivity contribution in [3.05, 3.63) is 56.8 Å². The first-order chi connectivity index (χ1) is 8.61. The monoisotopic (exact) mass is 297 g/mol. The number of rotatable bonds is 2. The summed E-state index contributed by atoms with van der Waals surface area (Å²) < 4.78 is 0. The molecule has 0 radical (unpaired) electrons. The van der Waals surface area contributed by atoms with Crippen LogP contribution >= 0.6 is 34.8 Å². The first-order valence-electron chi connectivity index (χ1n) is 4.95. The summed E-state index contributed by atoms with van der Waals surface area (Å²) in [7, 11) is 0. The standard InChI is InChI=1S/C12H6Cl3N3/c13-9-2-1-7(5-10(9)14)8(6-16)11-3-4-12(15)18-17-11/h1-5,8H/t8-/m0/s1. The van der Waals surface area contributed by atoms with Gasteiger partial charge >= 0.3 is 0 Å². The predicted molar refractivity (Wildman–Crippen MR) is 71.0 cm³/mol. The highest BCUT2D eigenvalue weighted by Crippen LogP contribution is 2.29. The molecule has 0 aliphatic carbocycles. The van der Waals surface area contributed by atoms with Gasteiger partial charge in [-0.2, -0.15) is 10.4 Å². The molecule has 1 heterocycles. The molecule has 1 atom stereocenters. The van der Waals surface area contributed by atoms with Gasteiger partial charge in [0.25, 0.3) is 0 Å². The van der Waals surface area contributed by atoms with Crippen LogP contribution in [0.25, 0.3) is 0 Å². The molecular formula is C12H6Cl3N3. The van der Waals surface area contributed by atoms with E-state index in [0.29, 0.717) is 21.3 Å². The van der Waals surface area contributed by atoms with Gasteiger partial charge in [-0.05, 0) is 29.8 Å². The summed E-state index contributed by atoms with van der Waals surface area (Å²) in [4.78, 5) is 0. The lowest BCUT2D eigenvalue weighted by molar-refractivity contribution is 0.885. The van der Waals surface area contributed by atoms with Crippen LogP contribution in [0.2, 0.25) is 15.2 Å². The molecule has 2 rings (SSSR count). The molecule has 0 aliphatic rings. The Morgan fingerprint density at radius 2 is 1.78 bits per heavy atom. The van der Waals surface area contributed by atoms with Gasteiger partial charge in [-0.15, -0.1) is 5.10 Å². The van der Waals surface area contributed by atoms with E-state index in [9.17, 15) is 5.26 Å². The van der Waals surface area contributed by atoms with Gasteiger partial charge in [0.2, 0.25) is 0 Å². The molecule has 18 heavy (non-hydrogen) atoms. The molecule has 0 amide bonds. The molecule has 2 aromatic rings. The van der Waals surface area contributed by atoms with E-state index in [1.54, 1.807) is 30.3 Å². The Kier molecular flexibility index (Phi) is 4.03.